The number of hydrogen-bond acceptors (Lipinski definition) is 0. The van der Waals surface area contributed by atoms with E-state index in [2.05, 4.69) is 134 Å². The van der Waals surface area contributed by atoms with Crippen LogP contribution in [0.4, 0.5) is 0 Å². The van der Waals surface area contributed by atoms with Crippen molar-refractivity contribution in [3.05, 3.63) is 0 Å². The van der Waals surface area contributed by atoms with Gasteiger partial charge in [0.05, 0.1) is 0 Å². The van der Waals surface area contributed by atoms with E-state index in [1.54, 1.807) is 0 Å². The van der Waals surface area contributed by atoms with Crippen molar-refractivity contribution in [2.75, 3.05) is 0 Å². The molecule has 0 nitrogen and oxygen atoms in total. The number of halogens is 1. The molecule has 32 heavy (non-hydrogen) atoms. The predicted octanol–water partition coefficient (Wildman–Crippen LogP) is 11.8. The van der Waals surface area contributed by atoms with Gasteiger partial charge in [-0.05, 0) is 50.9 Å². The van der Waals surface area contributed by atoms with Gasteiger partial charge in [-0.1, -0.05) is 148 Å². The summed E-state index contributed by atoms with van der Waals surface area (Å²) in [7, 11) is 5.36. The van der Waals surface area contributed by atoms with Crippen LogP contribution < -0.4 is 0 Å². The van der Waals surface area contributed by atoms with E-state index < -0.39 is 0 Å². The monoisotopic (exact) mass is 617 g/mol. The van der Waals surface area contributed by atoms with E-state index in [9.17, 15) is 0 Å². The van der Waals surface area contributed by atoms with Gasteiger partial charge in [-0.2, -0.15) is 0 Å². The Morgan fingerprint density at radius 2 is 0.344 bits per heavy atom. The fraction of sp³-hybridized carbons (Fsp3) is 1.00. The molecule has 0 aliphatic heterocycles. The molecule has 0 radical (unpaired) electrons. The molecule has 0 unspecified atom stereocenters. The van der Waals surface area contributed by atoms with E-state index >= 15 is 0 Å². The zero-order chi connectivity index (χ0) is 26.9. The van der Waals surface area contributed by atoms with Gasteiger partial charge in [0.25, 0.3) is 0 Å². The number of hydrogen-bond donors (Lipinski definition) is 0. The molecule has 0 aromatic carbocycles. The van der Waals surface area contributed by atoms with Crippen LogP contribution in [0.15, 0.2) is 0 Å². The molecule has 0 rings (SSSR count). The summed E-state index contributed by atoms with van der Waals surface area (Å²) in [6, 6.07) is 0. The molecule has 0 N–H and O–H groups in total. The van der Waals surface area contributed by atoms with E-state index in [0.29, 0.717) is 0 Å². The van der Waals surface area contributed by atoms with Crippen molar-refractivity contribution in [3.63, 3.8) is 0 Å². The first-order valence-corrected chi connectivity index (χ1v) is 19.7. The molecule has 0 spiro atoms. The summed E-state index contributed by atoms with van der Waals surface area (Å²) in [5.41, 5.74) is 8.08. The first-order valence-electron chi connectivity index (χ1n) is 12.8. The van der Waals surface area contributed by atoms with Crippen LogP contribution in [0.2, 0.25) is 0 Å². The van der Waals surface area contributed by atoms with Gasteiger partial charge in [0, 0.05) is 0 Å². The summed E-state index contributed by atoms with van der Waals surface area (Å²) in [4.78, 5) is 0. The summed E-state index contributed by atoms with van der Waals surface area (Å²) in [5.74, 6) is 0. The molecule has 0 aromatic rings. The molecular weight excluding hydrogens is 554 g/mol. The summed E-state index contributed by atoms with van der Waals surface area (Å²) >= 11 is 1.82. The normalized spacial score (nSPS) is 12.0. The van der Waals surface area contributed by atoms with Crippen LogP contribution in [-0.2, 0) is 17.3 Å². The zero-order valence-corrected chi connectivity index (χ0v) is 30.4. The summed E-state index contributed by atoms with van der Waals surface area (Å²) in [5, 5.41) is 0. The van der Waals surface area contributed by atoms with Gasteiger partial charge in [-0.25, -0.2) is 0 Å². The number of rotatable bonds is 9. The van der Waals surface area contributed by atoms with E-state index in [-0.39, 0.29) is 23.8 Å². The van der Waals surface area contributed by atoms with Crippen LogP contribution in [0.25, 0.3) is 0 Å². The molecule has 0 fully saturated rings. The van der Waals surface area contributed by atoms with Gasteiger partial charge >= 0.3 is 27.0 Å². The van der Waals surface area contributed by atoms with Crippen molar-refractivity contribution in [1.82, 2.24) is 0 Å². The predicted molar refractivity (Wildman–Crippen MR) is 163 cm³/mol. The van der Waals surface area contributed by atoms with E-state index in [1.165, 1.54) is 0 Å². The van der Waals surface area contributed by atoms with Crippen LogP contribution >= 0.6 is 33.5 Å². The first-order chi connectivity index (χ1) is 14.4. The molecule has 0 aromatic heterocycles. The second-order valence-electron chi connectivity index (χ2n) is 11.2. The Morgan fingerprint density at radius 3 is 0.344 bits per heavy atom. The summed E-state index contributed by atoms with van der Waals surface area (Å²) in [6.07, 6.45) is 0. The van der Waals surface area contributed by atoms with Crippen molar-refractivity contribution >= 4 is 33.5 Å². The average Bonchev–Trinajstić information content (AvgIpc) is 2.53. The van der Waals surface area contributed by atoms with Crippen LogP contribution in [0, 0.1) is 0 Å². The molecule has 0 bridgehead atoms. The molecule has 201 valence electrons. The SMILES string of the molecule is CC(C)P(C(C)C)C(C)C.CC(C)P(C(C)C)C(C)C.CC(C)P(C(C)C)C(C)C.[Cl][Ru]. The maximum atomic E-state index is 4.57. The van der Waals surface area contributed by atoms with Gasteiger partial charge < -0.3 is 0 Å². The van der Waals surface area contributed by atoms with Crippen LogP contribution in [-0.4, -0.2) is 50.9 Å². The zero-order valence-electron chi connectivity index (χ0n) is 25.3. The van der Waals surface area contributed by atoms with Crippen molar-refractivity contribution in [2.24, 2.45) is 0 Å². The van der Waals surface area contributed by atoms with E-state index in [1.807, 2.05) is 17.3 Å². The molecule has 0 atom stereocenters. The van der Waals surface area contributed by atoms with Crippen molar-refractivity contribution in [1.29, 1.82) is 0 Å². The molecule has 0 saturated heterocycles. The quantitative estimate of drug-likeness (QED) is 0.178. The minimum absolute atomic E-state index is 0.262. The molecule has 0 saturated carbocycles. The van der Waals surface area contributed by atoms with E-state index in [4.69, 9.17) is 0 Å². The summed E-state index contributed by atoms with van der Waals surface area (Å²) in [6.45, 7) is 42.4. The molecule has 0 heterocycles. The summed E-state index contributed by atoms with van der Waals surface area (Å²) < 4.78 is 0. The third-order valence-corrected chi connectivity index (χ3v) is 16.1. The first kappa shape index (κ1) is 41.3. The Kier molecular flexibility index (Phi) is 30.5. The van der Waals surface area contributed by atoms with Crippen molar-refractivity contribution < 1.29 is 17.3 Å². The molecule has 5 heteroatoms. The Bertz CT molecular complexity index is 267. The Hall–Kier alpha value is 2.20. The molecule has 0 aliphatic carbocycles. The third-order valence-electron chi connectivity index (χ3n) is 5.37. The molecular formula is C27H63ClP3Ru. The van der Waals surface area contributed by atoms with Crippen LogP contribution in [0.3, 0.4) is 0 Å². The van der Waals surface area contributed by atoms with Gasteiger partial charge in [-0.3, -0.25) is 0 Å². The Balaban J connectivity index is -0.000000176. The fourth-order valence-corrected chi connectivity index (χ4v) is 16.1. The minimum atomic E-state index is 0.262. The van der Waals surface area contributed by atoms with E-state index in [0.717, 1.165) is 50.9 Å². The third kappa shape index (κ3) is 21.5. The van der Waals surface area contributed by atoms with Crippen molar-refractivity contribution in [3.8, 4) is 0 Å². The fourth-order valence-electron chi connectivity index (χ4n) is 5.37. The van der Waals surface area contributed by atoms with Crippen LogP contribution in [0.5, 0.6) is 0 Å². The van der Waals surface area contributed by atoms with Gasteiger partial charge in [0.1, 0.15) is 0 Å². The molecule has 0 aliphatic rings. The van der Waals surface area contributed by atoms with Gasteiger partial charge in [0.15, 0.2) is 0 Å². The Labute approximate surface area is 225 Å². The second kappa shape index (κ2) is 23.6. The van der Waals surface area contributed by atoms with Gasteiger partial charge in [0.2, 0.25) is 0 Å². The maximum absolute atomic E-state index is 4.57. The van der Waals surface area contributed by atoms with Crippen LogP contribution in [0.1, 0.15) is 125 Å². The second-order valence-corrected chi connectivity index (χ2v) is 23.2. The Morgan fingerprint density at radius 1 is 0.281 bits per heavy atom. The topological polar surface area (TPSA) is 0 Å². The van der Waals surface area contributed by atoms with Gasteiger partial charge in [-0.15, -0.1) is 0 Å². The average molecular weight is 617 g/mol. The molecule has 0 amide bonds. The standard InChI is InChI=1S/3C9H21P.ClH.Ru/c3*1-7(2)10(8(3)4)9(5)6;;/h3*7-9H,1-6H3;1H;/q;;;;+1/p-1. The van der Waals surface area contributed by atoms with Crippen molar-refractivity contribution in [2.45, 2.75) is 176 Å².